The molecule has 182 valence electrons. The molecule has 0 radical (unpaired) electrons. The molecule has 4 rings (SSSR count). The number of aryl methyl sites for hydroxylation is 2. The Bertz CT molecular complexity index is 975. The van der Waals surface area contributed by atoms with Crippen LogP contribution in [0.4, 0.5) is 5.82 Å². The van der Waals surface area contributed by atoms with E-state index < -0.39 is 17.9 Å². The molecule has 1 aromatic carbocycles. The van der Waals surface area contributed by atoms with E-state index in [0.717, 1.165) is 55.7 Å². The van der Waals surface area contributed by atoms with Crippen LogP contribution in [0.5, 0.6) is 0 Å². The standard InChI is InChI=1S/C27H35N3O4/c1-18(20-6-3-2-4-7-20)26(31)30-24(27(32)33)13-15-34-23-16-19(17-23)9-11-22-12-10-21-8-5-14-28-25(21)29-22/h2-4,6-7,10,12,18-19,23-24H,5,8-9,11,13-17H2,1H3,(H,28,29)(H,30,31)(H,32,33). The average Bonchev–Trinajstić information content (AvgIpc) is 2.83. The van der Waals surface area contributed by atoms with Gasteiger partial charge in [-0.15, -0.1) is 0 Å². The van der Waals surface area contributed by atoms with Crippen molar-refractivity contribution in [1.82, 2.24) is 10.3 Å². The second-order valence-electron chi connectivity index (χ2n) is 9.53. The SMILES string of the molecule is CC(C(=O)NC(CCOC1CC(CCc2ccc3c(n2)NCCC3)C1)C(=O)O)c1ccccc1. The van der Waals surface area contributed by atoms with Crippen LogP contribution in [0.3, 0.4) is 0 Å². The van der Waals surface area contributed by atoms with Crippen LogP contribution in [0.15, 0.2) is 42.5 Å². The average molecular weight is 466 g/mol. The van der Waals surface area contributed by atoms with Gasteiger partial charge in [-0.1, -0.05) is 36.4 Å². The second-order valence-corrected chi connectivity index (χ2v) is 9.53. The summed E-state index contributed by atoms with van der Waals surface area (Å²) >= 11 is 0. The number of aliphatic carboxylic acids is 1. The number of carbonyl (C=O) groups is 2. The number of carboxylic acid groups (broad SMARTS) is 1. The van der Waals surface area contributed by atoms with Gasteiger partial charge < -0.3 is 20.5 Å². The summed E-state index contributed by atoms with van der Waals surface area (Å²) in [5.74, 6) is -0.0462. The van der Waals surface area contributed by atoms with E-state index in [1.165, 1.54) is 12.0 Å². The van der Waals surface area contributed by atoms with E-state index in [2.05, 4.69) is 22.8 Å². The van der Waals surface area contributed by atoms with Crippen molar-refractivity contribution < 1.29 is 19.4 Å². The van der Waals surface area contributed by atoms with Crippen molar-refractivity contribution in [2.45, 2.75) is 69.9 Å². The summed E-state index contributed by atoms with van der Waals surface area (Å²) in [7, 11) is 0. The van der Waals surface area contributed by atoms with E-state index >= 15 is 0 Å². The fraction of sp³-hybridized carbons (Fsp3) is 0.519. The van der Waals surface area contributed by atoms with E-state index in [0.29, 0.717) is 12.5 Å². The topological polar surface area (TPSA) is 101 Å². The third kappa shape index (κ3) is 6.35. The number of carboxylic acids is 1. The molecule has 7 nitrogen and oxygen atoms in total. The first-order valence-electron chi connectivity index (χ1n) is 12.4. The van der Waals surface area contributed by atoms with Gasteiger partial charge in [0, 0.05) is 25.3 Å². The molecule has 34 heavy (non-hydrogen) atoms. The number of benzene rings is 1. The molecular formula is C27H35N3O4. The van der Waals surface area contributed by atoms with Crippen LogP contribution in [-0.2, 0) is 27.2 Å². The van der Waals surface area contributed by atoms with Crippen LogP contribution >= 0.6 is 0 Å². The van der Waals surface area contributed by atoms with Gasteiger partial charge >= 0.3 is 5.97 Å². The number of fused-ring (bicyclic) bond motifs is 1. The molecule has 2 heterocycles. The van der Waals surface area contributed by atoms with Gasteiger partial charge in [0.2, 0.25) is 5.91 Å². The largest absolute Gasteiger partial charge is 0.480 e. The highest BCUT2D eigenvalue weighted by Crippen LogP contribution is 2.34. The highest BCUT2D eigenvalue weighted by molar-refractivity contribution is 5.87. The molecule has 3 N–H and O–H groups in total. The summed E-state index contributed by atoms with van der Waals surface area (Å²) in [5, 5.41) is 15.6. The monoisotopic (exact) mass is 465 g/mol. The van der Waals surface area contributed by atoms with E-state index in [-0.39, 0.29) is 18.4 Å². The number of nitrogens with zero attached hydrogens (tertiary/aromatic N) is 1. The van der Waals surface area contributed by atoms with Gasteiger partial charge in [0.1, 0.15) is 11.9 Å². The molecule has 1 fully saturated rings. The van der Waals surface area contributed by atoms with Crippen LogP contribution in [0.1, 0.15) is 61.8 Å². The van der Waals surface area contributed by atoms with Crippen molar-refractivity contribution >= 4 is 17.7 Å². The number of aromatic nitrogens is 1. The van der Waals surface area contributed by atoms with Crippen LogP contribution in [-0.4, -0.2) is 47.3 Å². The molecular weight excluding hydrogens is 430 g/mol. The van der Waals surface area contributed by atoms with E-state index in [9.17, 15) is 14.7 Å². The number of rotatable bonds is 11. The highest BCUT2D eigenvalue weighted by atomic mass is 16.5. The van der Waals surface area contributed by atoms with Crippen molar-refractivity contribution in [2.24, 2.45) is 5.92 Å². The minimum atomic E-state index is -1.03. The van der Waals surface area contributed by atoms with Gasteiger partial charge in [-0.2, -0.15) is 0 Å². The normalized spacial score (nSPS) is 20.9. The maximum absolute atomic E-state index is 12.5. The zero-order chi connectivity index (χ0) is 23.9. The number of anilines is 1. The van der Waals surface area contributed by atoms with Crippen LogP contribution in [0, 0.1) is 5.92 Å². The third-order valence-electron chi connectivity index (χ3n) is 7.02. The minimum absolute atomic E-state index is 0.177. The van der Waals surface area contributed by atoms with Gasteiger partial charge in [0.25, 0.3) is 0 Å². The zero-order valence-corrected chi connectivity index (χ0v) is 19.8. The van der Waals surface area contributed by atoms with Crippen molar-refractivity contribution in [3.8, 4) is 0 Å². The van der Waals surface area contributed by atoms with Gasteiger partial charge in [0.05, 0.1) is 12.0 Å². The Balaban J connectivity index is 1.14. The lowest BCUT2D eigenvalue weighted by molar-refractivity contribution is -0.143. The molecule has 1 aliphatic carbocycles. The molecule has 2 aliphatic rings. The van der Waals surface area contributed by atoms with Crippen molar-refractivity contribution in [2.75, 3.05) is 18.5 Å². The Kier molecular flexibility index (Phi) is 8.16. The Morgan fingerprint density at radius 3 is 2.76 bits per heavy atom. The Morgan fingerprint density at radius 2 is 2.00 bits per heavy atom. The van der Waals surface area contributed by atoms with Crippen LogP contribution in [0.25, 0.3) is 0 Å². The lowest BCUT2D eigenvalue weighted by Crippen LogP contribution is -2.43. The molecule has 0 spiro atoms. The first-order valence-corrected chi connectivity index (χ1v) is 12.4. The number of nitrogens with one attached hydrogen (secondary N) is 2. The van der Waals surface area contributed by atoms with Gasteiger partial charge in [0.15, 0.2) is 0 Å². The van der Waals surface area contributed by atoms with Crippen molar-refractivity contribution in [3.63, 3.8) is 0 Å². The predicted molar refractivity (Wildman–Crippen MR) is 131 cm³/mol. The van der Waals surface area contributed by atoms with E-state index in [4.69, 9.17) is 9.72 Å². The Morgan fingerprint density at radius 1 is 1.21 bits per heavy atom. The number of hydrogen-bond acceptors (Lipinski definition) is 5. The Labute approximate surface area is 201 Å². The number of hydrogen-bond donors (Lipinski definition) is 3. The highest BCUT2D eigenvalue weighted by Gasteiger charge is 2.30. The van der Waals surface area contributed by atoms with Gasteiger partial charge in [-0.05, 0) is 68.6 Å². The van der Waals surface area contributed by atoms with Crippen LogP contribution < -0.4 is 10.6 Å². The summed E-state index contributed by atoms with van der Waals surface area (Å²) in [5.41, 5.74) is 3.32. The predicted octanol–water partition coefficient (Wildman–Crippen LogP) is 3.93. The molecule has 2 aromatic rings. The summed E-state index contributed by atoms with van der Waals surface area (Å²) in [6.07, 6.45) is 6.78. The van der Waals surface area contributed by atoms with Crippen molar-refractivity contribution in [3.05, 3.63) is 59.3 Å². The Hall–Kier alpha value is -2.93. The number of carbonyl (C=O) groups excluding carboxylic acids is 1. The zero-order valence-electron chi connectivity index (χ0n) is 19.8. The van der Waals surface area contributed by atoms with E-state index in [1.54, 1.807) is 6.92 Å². The molecule has 1 aliphatic heterocycles. The lowest BCUT2D eigenvalue weighted by atomic mass is 9.79. The summed E-state index contributed by atoms with van der Waals surface area (Å²) < 4.78 is 5.90. The molecule has 0 bridgehead atoms. The first-order chi connectivity index (χ1) is 16.5. The molecule has 7 heteroatoms. The number of ether oxygens (including phenoxy) is 1. The maximum atomic E-state index is 12.5. The number of pyridine rings is 1. The summed E-state index contributed by atoms with van der Waals surface area (Å²) in [4.78, 5) is 28.9. The molecule has 2 unspecified atom stereocenters. The fourth-order valence-electron chi connectivity index (χ4n) is 4.71. The molecule has 1 aromatic heterocycles. The molecule has 1 saturated carbocycles. The van der Waals surface area contributed by atoms with Crippen molar-refractivity contribution in [1.29, 1.82) is 0 Å². The van der Waals surface area contributed by atoms with Crippen LogP contribution in [0.2, 0.25) is 0 Å². The third-order valence-corrected chi connectivity index (χ3v) is 7.02. The number of amides is 1. The fourth-order valence-corrected chi connectivity index (χ4v) is 4.71. The quantitative estimate of drug-likeness (QED) is 0.465. The minimum Gasteiger partial charge on any atom is -0.480 e. The van der Waals surface area contributed by atoms with Gasteiger partial charge in [-0.3, -0.25) is 4.79 Å². The molecule has 2 atom stereocenters. The summed E-state index contributed by atoms with van der Waals surface area (Å²) in [6, 6.07) is 12.8. The second kappa shape index (κ2) is 11.5. The van der Waals surface area contributed by atoms with Gasteiger partial charge in [-0.25, -0.2) is 9.78 Å². The lowest BCUT2D eigenvalue weighted by Gasteiger charge is -2.35. The molecule has 0 saturated heterocycles. The maximum Gasteiger partial charge on any atom is 0.326 e. The smallest absolute Gasteiger partial charge is 0.326 e. The summed E-state index contributed by atoms with van der Waals surface area (Å²) in [6.45, 7) is 3.11. The first kappa shape index (κ1) is 24.2. The molecule has 1 amide bonds. The van der Waals surface area contributed by atoms with E-state index in [1.807, 2.05) is 30.3 Å².